The zero-order chi connectivity index (χ0) is 22.0. The quantitative estimate of drug-likeness (QED) is 0.342. The maximum Gasteiger partial charge on any atom is 0.305 e. The number of carboxylic acid groups (broad SMARTS) is 1. The Balaban J connectivity index is 1.70. The molecule has 3 rings (SSSR count). The first-order valence-corrected chi connectivity index (χ1v) is 8.25. The van der Waals surface area contributed by atoms with Gasteiger partial charge >= 0.3 is 5.97 Å². The van der Waals surface area contributed by atoms with Crippen LogP contribution in [-0.4, -0.2) is 36.5 Å². The topological polar surface area (TPSA) is 102 Å². The Morgan fingerprint density at radius 1 is 0.900 bits per heavy atom. The summed E-state index contributed by atoms with van der Waals surface area (Å²) in [5, 5.41) is 18.6. The van der Waals surface area contributed by atoms with E-state index in [1.807, 2.05) is 0 Å². The zero-order valence-corrected chi connectivity index (χ0v) is 14.9. The number of carbonyl (C=O) groups is 2. The van der Waals surface area contributed by atoms with Crippen LogP contribution in [-0.2, 0) is 17.9 Å². The van der Waals surface area contributed by atoms with Crippen LogP contribution in [0, 0.1) is 29.1 Å². The first-order valence-electron chi connectivity index (χ1n) is 8.25. The predicted octanol–water partition coefficient (Wildman–Crippen LogP) is 2.55. The van der Waals surface area contributed by atoms with E-state index in [0.717, 1.165) is 17.1 Å². The van der Waals surface area contributed by atoms with Gasteiger partial charge in [-0.2, -0.15) is 10.2 Å². The average molecular weight is 429 g/mol. The molecule has 0 aliphatic carbocycles. The lowest BCUT2D eigenvalue weighted by Gasteiger charge is -2.08. The van der Waals surface area contributed by atoms with Crippen molar-refractivity contribution in [2.75, 3.05) is 5.32 Å². The van der Waals surface area contributed by atoms with Crippen molar-refractivity contribution in [2.24, 2.45) is 0 Å². The molecule has 0 aliphatic heterocycles. The van der Waals surface area contributed by atoms with Crippen molar-refractivity contribution in [3.8, 4) is 0 Å². The van der Waals surface area contributed by atoms with Gasteiger partial charge in [0.05, 0.1) is 48.7 Å². The molecule has 0 radical (unpaired) electrons. The third-order valence-corrected chi connectivity index (χ3v) is 3.96. The van der Waals surface area contributed by atoms with E-state index in [0.29, 0.717) is 0 Å². The van der Waals surface area contributed by atoms with Crippen molar-refractivity contribution in [3.05, 3.63) is 65.0 Å². The molecule has 2 aromatic heterocycles. The van der Waals surface area contributed by atoms with E-state index in [4.69, 9.17) is 5.11 Å². The average Bonchev–Trinajstić information content (AvgIpc) is 3.36. The number of hydrogen-bond acceptors (Lipinski definition) is 4. The minimum absolute atomic E-state index is 0.0580. The number of nitrogens with zero attached hydrogens (tertiary/aromatic N) is 4. The molecule has 0 saturated heterocycles. The lowest BCUT2D eigenvalue weighted by molar-refractivity contribution is -0.137. The van der Waals surface area contributed by atoms with Crippen LogP contribution < -0.4 is 5.32 Å². The minimum atomic E-state index is -2.26. The summed E-state index contributed by atoms with van der Waals surface area (Å²) in [4.78, 5) is 22.7. The number of nitrogens with one attached hydrogen (secondary N) is 1. The molecule has 0 saturated carbocycles. The lowest BCUT2D eigenvalue weighted by atomic mass is 10.1. The molecule has 0 fully saturated rings. The number of anilines is 1. The zero-order valence-electron chi connectivity index (χ0n) is 14.9. The van der Waals surface area contributed by atoms with Gasteiger partial charge in [-0.1, -0.05) is 0 Å². The fraction of sp³-hybridized carbons (Fsp3) is 0.176. The Morgan fingerprint density at radius 2 is 1.50 bits per heavy atom. The minimum Gasteiger partial charge on any atom is -0.481 e. The van der Waals surface area contributed by atoms with Crippen molar-refractivity contribution in [3.63, 3.8) is 0 Å². The molecule has 0 atom stereocenters. The van der Waals surface area contributed by atoms with Crippen LogP contribution in [0.15, 0.2) is 24.8 Å². The van der Waals surface area contributed by atoms with Crippen LogP contribution in [0.1, 0.15) is 22.3 Å². The van der Waals surface area contributed by atoms with Gasteiger partial charge in [0.1, 0.15) is 0 Å². The summed E-state index contributed by atoms with van der Waals surface area (Å²) in [6.45, 7) is -0.711. The number of amides is 1. The summed E-state index contributed by atoms with van der Waals surface area (Å²) < 4.78 is 69.3. The van der Waals surface area contributed by atoms with Gasteiger partial charge in [0.2, 0.25) is 5.82 Å². The number of benzene rings is 1. The molecule has 2 heterocycles. The SMILES string of the molecule is O=C(O)CCn1cc(C(=O)Nc2cnn(Cc3c(F)c(F)c(F)c(F)c3F)c2)cn1. The Bertz CT molecular complexity index is 1100. The number of aliphatic carboxylic acids is 1. The van der Waals surface area contributed by atoms with Gasteiger partial charge in [0, 0.05) is 12.4 Å². The second-order valence-electron chi connectivity index (χ2n) is 6.07. The van der Waals surface area contributed by atoms with E-state index in [-0.39, 0.29) is 24.2 Å². The van der Waals surface area contributed by atoms with Gasteiger partial charge in [-0.25, -0.2) is 22.0 Å². The van der Waals surface area contributed by atoms with Crippen LogP contribution in [0.5, 0.6) is 0 Å². The molecule has 0 bridgehead atoms. The largest absolute Gasteiger partial charge is 0.481 e. The van der Waals surface area contributed by atoms with Crippen molar-refractivity contribution in [2.45, 2.75) is 19.5 Å². The standard InChI is InChI=1S/C17H12F5N5O3/c18-12-10(13(19)15(21)16(22)14(12)20)7-27-6-9(4-24-27)25-17(30)8-3-23-26(5-8)2-1-11(28)29/h3-6H,1-2,7H2,(H,25,30)(H,28,29). The predicted molar refractivity (Wildman–Crippen MR) is 90.0 cm³/mol. The molecular formula is C17H12F5N5O3. The van der Waals surface area contributed by atoms with E-state index in [1.165, 1.54) is 17.1 Å². The van der Waals surface area contributed by atoms with Crippen molar-refractivity contribution in [1.82, 2.24) is 19.6 Å². The third kappa shape index (κ3) is 4.29. The highest BCUT2D eigenvalue weighted by molar-refractivity contribution is 6.03. The monoisotopic (exact) mass is 429 g/mol. The highest BCUT2D eigenvalue weighted by Gasteiger charge is 2.26. The number of carboxylic acids is 1. The van der Waals surface area contributed by atoms with Crippen LogP contribution in [0.3, 0.4) is 0 Å². The second kappa shape index (κ2) is 8.31. The summed E-state index contributed by atoms with van der Waals surface area (Å²) in [5.74, 6) is -12.0. The number of rotatable bonds is 7. The highest BCUT2D eigenvalue weighted by atomic mass is 19.2. The number of aromatic nitrogens is 4. The first-order chi connectivity index (χ1) is 14.2. The molecule has 2 N–H and O–H groups in total. The molecule has 1 aromatic carbocycles. The molecule has 0 aliphatic rings. The van der Waals surface area contributed by atoms with Crippen molar-refractivity contribution in [1.29, 1.82) is 0 Å². The lowest BCUT2D eigenvalue weighted by Crippen LogP contribution is -2.12. The van der Waals surface area contributed by atoms with E-state index < -0.39 is 53.1 Å². The number of hydrogen-bond donors (Lipinski definition) is 2. The fourth-order valence-electron chi connectivity index (χ4n) is 2.48. The molecule has 1 amide bonds. The van der Waals surface area contributed by atoms with E-state index in [2.05, 4.69) is 15.5 Å². The van der Waals surface area contributed by atoms with Crippen LogP contribution >= 0.6 is 0 Å². The molecule has 8 nitrogen and oxygen atoms in total. The van der Waals surface area contributed by atoms with E-state index in [9.17, 15) is 31.5 Å². The number of carbonyl (C=O) groups excluding carboxylic acids is 1. The third-order valence-electron chi connectivity index (χ3n) is 3.96. The maximum atomic E-state index is 13.8. The van der Waals surface area contributed by atoms with Gasteiger partial charge < -0.3 is 10.4 Å². The van der Waals surface area contributed by atoms with Crippen molar-refractivity contribution >= 4 is 17.6 Å². The Kier molecular flexibility index (Phi) is 5.80. The molecule has 158 valence electrons. The molecule has 0 spiro atoms. The Morgan fingerprint density at radius 3 is 2.13 bits per heavy atom. The number of halogens is 5. The summed E-state index contributed by atoms with van der Waals surface area (Å²) in [6.07, 6.45) is 4.57. The first kappa shape index (κ1) is 21.0. The molecule has 13 heteroatoms. The number of aryl methyl sites for hydroxylation is 1. The van der Waals surface area contributed by atoms with E-state index in [1.54, 1.807) is 0 Å². The summed E-state index contributed by atoms with van der Waals surface area (Å²) >= 11 is 0. The highest BCUT2D eigenvalue weighted by Crippen LogP contribution is 2.24. The van der Waals surface area contributed by atoms with Gasteiger partial charge in [0.15, 0.2) is 23.3 Å². The Hall–Kier alpha value is -3.77. The summed E-state index contributed by atoms with van der Waals surface area (Å²) in [5.41, 5.74) is -0.887. The van der Waals surface area contributed by atoms with Crippen LogP contribution in [0.25, 0.3) is 0 Å². The fourth-order valence-corrected chi connectivity index (χ4v) is 2.48. The normalized spacial score (nSPS) is 11.0. The molecule has 0 unspecified atom stereocenters. The van der Waals surface area contributed by atoms with Gasteiger partial charge in [-0.05, 0) is 0 Å². The maximum absolute atomic E-state index is 13.8. The summed E-state index contributed by atoms with van der Waals surface area (Å²) in [6, 6.07) is 0. The van der Waals surface area contributed by atoms with Gasteiger partial charge in [0.25, 0.3) is 5.91 Å². The molecule has 30 heavy (non-hydrogen) atoms. The van der Waals surface area contributed by atoms with Gasteiger partial charge in [-0.3, -0.25) is 19.0 Å². The molecule has 3 aromatic rings. The second-order valence-corrected chi connectivity index (χ2v) is 6.07. The van der Waals surface area contributed by atoms with Crippen LogP contribution in [0.4, 0.5) is 27.6 Å². The van der Waals surface area contributed by atoms with Crippen molar-refractivity contribution < 1.29 is 36.6 Å². The summed E-state index contributed by atoms with van der Waals surface area (Å²) in [7, 11) is 0. The van der Waals surface area contributed by atoms with Gasteiger partial charge in [-0.15, -0.1) is 0 Å². The smallest absolute Gasteiger partial charge is 0.305 e. The van der Waals surface area contributed by atoms with E-state index >= 15 is 0 Å². The van der Waals surface area contributed by atoms with Crippen LogP contribution in [0.2, 0.25) is 0 Å². The Labute approximate surface area is 164 Å². The molecular weight excluding hydrogens is 417 g/mol.